The monoisotopic (exact) mass is 403 g/mol. The van der Waals surface area contributed by atoms with Crippen molar-refractivity contribution >= 4 is 17.4 Å². The van der Waals surface area contributed by atoms with Crippen LogP contribution in [0.1, 0.15) is 28.5 Å². The topological polar surface area (TPSA) is 80.0 Å². The third kappa shape index (κ3) is 3.48. The van der Waals surface area contributed by atoms with Crippen molar-refractivity contribution in [2.75, 3.05) is 7.11 Å². The Morgan fingerprint density at radius 2 is 1.87 bits per heavy atom. The van der Waals surface area contributed by atoms with Crippen LogP contribution >= 0.6 is 0 Å². The van der Waals surface area contributed by atoms with Crippen molar-refractivity contribution in [1.29, 1.82) is 0 Å². The molecular formula is C24H21NO5. The number of aliphatic hydroxyl groups excluding tert-OH is 1. The third-order valence-electron chi connectivity index (χ3n) is 5.18. The lowest BCUT2D eigenvalue weighted by Gasteiger charge is -2.24. The Balaban J connectivity index is 1.87. The molecule has 6 heteroatoms. The van der Waals surface area contributed by atoms with Gasteiger partial charge in [-0.2, -0.15) is 0 Å². The Kier molecular flexibility index (Phi) is 5.14. The number of nitrogens with zero attached hydrogens (tertiary/aromatic N) is 1. The number of ether oxygens (including phenoxy) is 1. The van der Waals surface area contributed by atoms with Crippen molar-refractivity contribution in [1.82, 2.24) is 4.90 Å². The van der Waals surface area contributed by atoms with Gasteiger partial charge in [-0.25, -0.2) is 0 Å². The smallest absolute Gasteiger partial charge is 0.296 e. The number of aliphatic hydroxyl groups is 1. The summed E-state index contributed by atoms with van der Waals surface area (Å²) in [6, 6.07) is 17.0. The first kappa shape index (κ1) is 19.5. The number of likely N-dealkylation sites (tertiary alicyclic amines) is 1. The van der Waals surface area contributed by atoms with Gasteiger partial charge in [-0.05, 0) is 36.8 Å². The SMILES string of the molecule is COc1cccc(C2C(=C(O)c3ccc(C)cc3)C(=O)C(=O)N2Cc2ccco2)c1. The lowest BCUT2D eigenvalue weighted by atomic mass is 9.95. The van der Waals surface area contributed by atoms with Gasteiger partial charge in [0.05, 0.1) is 31.5 Å². The van der Waals surface area contributed by atoms with Crippen LogP contribution in [0.15, 0.2) is 76.9 Å². The molecule has 30 heavy (non-hydrogen) atoms. The number of furan rings is 1. The van der Waals surface area contributed by atoms with Gasteiger partial charge in [-0.1, -0.05) is 42.0 Å². The normalized spacial score (nSPS) is 18.1. The van der Waals surface area contributed by atoms with E-state index in [1.807, 2.05) is 19.1 Å². The number of hydrogen-bond donors (Lipinski definition) is 1. The number of aryl methyl sites for hydroxylation is 1. The number of ketones is 1. The molecule has 6 nitrogen and oxygen atoms in total. The predicted molar refractivity (Wildman–Crippen MR) is 111 cm³/mol. The van der Waals surface area contributed by atoms with Crippen LogP contribution in [0.3, 0.4) is 0 Å². The highest BCUT2D eigenvalue weighted by molar-refractivity contribution is 6.46. The Morgan fingerprint density at radius 1 is 1.10 bits per heavy atom. The summed E-state index contributed by atoms with van der Waals surface area (Å²) in [5.74, 6) is -0.491. The van der Waals surface area contributed by atoms with Crippen LogP contribution in [0.5, 0.6) is 5.75 Å². The zero-order valence-corrected chi connectivity index (χ0v) is 16.7. The summed E-state index contributed by atoms with van der Waals surface area (Å²) in [4.78, 5) is 27.3. The van der Waals surface area contributed by atoms with Gasteiger partial charge in [0.1, 0.15) is 17.3 Å². The van der Waals surface area contributed by atoms with Gasteiger partial charge in [0.2, 0.25) is 0 Å². The summed E-state index contributed by atoms with van der Waals surface area (Å²) in [5.41, 5.74) is 2.20. The molecule has 1 aliphatic heterocycles. The maximum Gasteiger partial charge on any atom is 0.296 e. The van der Waals surface area contributed by atoms with Crippen LogP contribution in [0.4, 0.5) is 0 Å². The maximum absolute atomic E-state index is 13.0. The molecule has 0 spiro atoms. The van der Waals surface area contributed by atoms with Crippen molar-refractivity contribution in [3.63, 3.8) is 0 Å². The zero-order valence-electron chi connectivity index (χ0n) is 16.7. The van der Waals surface area contributed by atoms with E-state index in [1.54, 1.807) is 55.6 Å². The highest BCUT2D eigenvalue weighted by atomic mass is 16.5. The van der Waals surface area contributed by atoms with E-state index in [1.165, 1.54) is 11.2 Å². The first-order valence-electron chi connectivity index (χ1n) is 9.51. The van der Waals surface area contributed by atoms with E-state index in [2.05, 4.69) is 0 Å². The number of Topliss-reactive ketones (excluding diaryl/α,β-unsaturated/α-hetero) is 1. The van der Waals surface area contributed by atoms with Crippen LogP contribution in [-0.2, 0) is 16.1 Å². The summed E-state index contributed by atoms with van der Waals surface area (Å²) in [6.45, 7) is 2.03. The quantitative estimate of drug-likeness (QED) is 0.392. The number of carbonyl (C=O) groups is 2. The van der Waals surface area contributed by atoms with E-state index < -0.39 is 17.7 Å². The summed E-state index contributed by atoms with van der Waals surface area (Å²) in [5, 5.41) is 11.0. The van der Waals surface area contributed by atoms with Crippen LogP contribution in [-0.4, -0.2) is 28.8 Å². The molecule has 1 aliphatic rings. The lowest BCUT2D eigenvalue weighted by molar-refractivity contribution is -0.140. The molecule has 0 radical (unpaired) electrons. The van der Waals surface area contributed by atoms with Gasteiger partial charge in [0.25, 0.3) is 11.7 Å². The maximum atomic E-state index is 13.0. The average molecular weight is 403 g/mol. The van der Waals surface area contributed by atoms with Gasteiger partial charge in [-0.3, -0.25) is 9.59 Å². The third-order valence-corrected chi connectivity index (χ3v) is 5.18. The van der Waals surface area contributed by atoms with Gasteiger partial charge in [0.15, 0.2) is 0 Å². The largest absolute Gasteiger partial charge is 0.507 e. The van der Waals surface area contributed by atoms with E-state index in [9.17, 15) is 14.7 Å². The fourth-order valence-corrected chi connectivity index (χ4v) is 3.64. The van der Waals surface area contributed by atoms with E-state index >= 15 is 0 Å². The molecule has 2 heterocycles. The molecule has 1 amide bonds. The van der Waals surface area contributed by atoms with E-state index in [0.29, 0.717) is 22.6 Å². The molecule has 0 bridgehead atoms. The van der Waals surface area contributed by atoms with Crippen LogP contribution in [0.25, 0.3) is 5.76 Å². The molecule has 4 rings (SSSR count). The number of carbonyl (C=O) groups excluding carboxylic acids is 2. The van der Waals surface area contributed by atoms with Crippen molar-refractivity contribution in [3.05, 3.63) is 95.0 Å². The zero-order chi connectivity index (χ0) is 21.3. The minimum Gasteiger partial charge on any atom is -0.507 e. The molecule has 1 atom stereocenters. The Hall–Kier alpha value is -3.80. The minimum atomic E-state index is -0.772. The standard InChI is InChI=1S/C24H21NO5/c1-15-8-10-16(11-9-15)22(26)20-21(17-5-3-6-18(13-17)29-2)25(24(28)23(20)27)14-19-7-4-12-30-19/h3-13,21,26H,14H2,1-2H3. The highest BCUT2D eigenvalue weighted by Crippen LogP contribution is 2.41. The van der Waals surface area contributed by atoms with Crippen molar-refractivity contribution in [2.45, 2.75) is 19.5 Å². The summed E-state index contributed by atoms with van der Waals surface area (Å²) >= 11 is 0. The second-order valence-electron chi connectivity index (χ2n) is 7.15. The fraction of sp³-hybridized carbons (Fsp3) is 0.167. The molecule has 152 valence electrons. The Morgan fingerprint density at radius 3 is 2.53 bits per heavy atom. The molecule has 1 saturated heterocycles. The minimum absolute atomic E-state index is 0.0451. The molecule has 1 unspecified atom stereocenters. The lowest BCUT2D eigenvalue weighted by Crippen LogP contribution is -2.29. The van der Waals surface area contributed by atoms with Gasteiger partial charge in [-0.15, -0.1) is 0 Å². The second-order valence-corrected chi connectivity index (χ2v) is 7.15. The Labute approximate surface area is 174 Å². The summed E-state index contributed by atoms with van der Waals surface area (Å²) < 4.78 is 10.7. The molecule has 0 saturated carbocycles. The van der Waals surface area contributed by atoms with Crippen LogP contribution < -0.4 is 4.74 Å². The van der Waals surface area contributed by atoms with Crippen molar-refractivity contribution < 1.29 is 23.8 Å². The van der Waals surface area contributed by atoms with E-state index in [4.69, 9.17) is 9.15 Å². The number of rotatable bonds is 5. The fourth-order valence-electron chi connectivity index (χ4n) is 3.64. The predicted octanol–water partition coefficient (Wildman–Crippen LogP) is 4.22. The number of amides is 1. The summed E-state index contributed by atoms with van der Waals surface area (Å²) in [6.07, 6.45) is 1.51. The van der Waals surface area contributed by atoms with Gasteiger partial charge in [0, 0.05) is 5.56 Å². The number of benzene rings is 2. The first-order valence-corrected chi connectivity index (χ1v) is 9.51. The summed E-state index contributed by atoms with van der Waals surface area (Å²) in [7, 11) is 1.55. The molecule has 2 aromatic carbocycles. The molecular weight excluding hydrogens is 382 g/mol. The molecule has 0 aliphatic carbocycles. The first-order chi connectivity index (χ1) is 14.5. The van der Waals surface area contributed by atoms with Crippen LogP contribution in [0, 0.1) is 6.92 Å². The molecule has 1 aromatic heterocycles. The van der Waals surface area contributed by atoms with Crippen molar-refractivity contribution in [2.24, 2.45) is 0 Å². The molecule has 1 N–H and O–H groups in total. The molecule has 3 aromatic rings. The van der Waals surface area contributed by atoms with Crippen molar-refractivity contribution in [3.8, 4) is 5.75 Å². The van der Waals surface area contributed by atoms with E-state index in [-0.39, 0.29) is 17.9 Å². The number of hydrogen-bond acceptors (Lipinski definition) is 5. The van der Waals surface area contributed by atoms with Gasteiger partial charge >= 0.3 is 0 Å². The second kappa shape index (κ2) is 7.91. The number of methoxy groups -OCH3 is 1. The van der Waals surface area contributed by atoms with E-state index in [0.717, 1.165) is 5.56 Å². The Bertz CT molecular complexity index is 1110. The highest BCUT2D eigenvalue weighted by Gasteiger charge is 2.46. The van der Waals surface area contributed by atoms with Gasteiger partial charge < -0.3 is 19.2 Å². The average Bonchev–Trinajstić information content (AvgIpc) is 3.36. The molecule has 1 fully saturated rings. The van der Waals surface area contributed by atoms with Crippen LogP contribution in [0.2, 0.25) is 0 Å².